The molecule has 0 bridgehead atoms. The highest BCUT2D eigenvalue weighted by molar-refractivity contribution is 6.30. The molecule has 158 valence electrons. The van der Waals surface area contributed by atoms with E-state index in [1.54, 1.807) is 6.08 Å². The van der Waals surface area contributed by atoms with Gasteiger partial charge in [-0.2, -0.15) is 15.6 Å². The van der Waals surface area contributed by atoms with Gasteiger partial charge in [-0.25, -0.2) is 4.68 Å². The molecule has 2 aromatic heterocycles. The fraction of sp³-hybridized carbons (Fsp3) is 0.125. The minimum absolute atomic E-state index is 0.121. The maximum absolute atomic E-state index is 9.84. The lowest BCUT2D eigenvalue weighted by Crippen LogP contribution is -2.07. The van der Waals surface area contributed by atoms with Crippen molar-refractivity contribution < 1.29 is 5.11 Å². The van der Waals surface area contributed by atoms with Crippen LogP contribution in [0.4, 0.5) is 5.82 Å². The SMILES string of the molecule is N#CC(=Cc1cn(Cc2ccc(Cl)cc2)c2ccccc12)c1nn(CCO)c(N)c1C#N. The van der Waals surface area contributed by atoms with E-state index in [2.05, 4.69) is 15.7 Å². The Bertz CT molecular complexity index is 1400. The van der Waals surface area contributed by atoms with Crippen molar-refractivity contribution in [2.75, 3.05) is 12.3 Å². The molecular weight excluding hydrogens is 424 g/mol. The summed E-state index contributed by atoms with van der Waals surface area (Å²) in [6, 6.07) is 19.7. The molecule has 0 unspecified atom stereocenters. The number of nitrogen functional groups attached to an aromatic ring is 1. The largest absolute Gasteiger partial charge is 0.394 e. The minimum Gasteiger partial charge on any atom is -0.394 e. The van der Waals surface area contributed by atoms with Crippen LogP contribution in [0, 0.1) is 22.7 Å². The number of fused-ring (bicyclic) bond motifs is 1. The second-order valence-electron chi connectivity index (χ2n) is 7.19. The molecule has 32 heavy (non-hydrogen) atoms. The summed E-state index contributed by atoms with van der Waals surface area (Å²) in [5, 5.41) is 34.6. The number of benzene rings is 2. The van der Waals surface area contributed by atoms with Crippen LogP contribution in [0.1, 0.15) is 22.4 Å². The van der Waals surface area contributed by atoms with Crippen molar-refractivity contribution in [2.45, 2.75) is 13.1 Å². The second-order valence-corrected chi connectivity index (χ2v) is 7.63. The number of rotatable bonds is 6. The normalized spacial score (nSPS) is 11.4. The number of allylic oxidation sites excluding steroid dienone is 1. The van der Waals surface area contributed by atoms with Crippen molar-refractivity contribution in [3.05, 3.63) is 82.1 Å². The van der Waals surface area contributed by atoms with Gasteiger partial charge >= 0.3 is 0 Å². The lowest BCUT2D eigenvalue weighted by atomic mass is 10.1. The number of nitriles is 2. The first-order valence-electron chi connectivity index (χ1n) is 9.87. The molecule has 2 aromatic carbocycles. The Morgan fingerprint density at radius 1 is 1.16 bits per heavy atom. The highest BCUT2D eigenvalue weighted by Crippen LogP contribution is 2.29. The molecule has 0 aliphatic heterocycles. The molecule has 2 heterocycles. The summed E-state index contributed by atoms with van der Waals surface area (Å²) in [5.41, 5.74) is 9.47. The van der Waals surface area contributed by atoms with Crippen molar-refractivity contribution in [1.82, 2.24) is 14.3 Å². The smallest absolute Gasteiger partial charge is 0.140 e. The molecule has 0 radical (unpaired) electrons. The fourth-order valence-corrected chi connectivity index (χ4v) is 3.78. The van der Waals surface area contributed by atoms with Gasteiger partial charge in [0.05, 0.1) is 18.7 Å². The van der Waals surface area contributed by atoms with Crippen molar-refractivity contribution in [3.63, 3.8) is 0 Å². The molecule has 0 fully saturated rings. The van der Waals surface area contributed by atoms with E-state index >= 15 is 0 Å². The highest BCUT2D eigenvalue weighted by Gasteiger charge is 2.19. The maximum atomic E-state index is 9.84. The number of para-hydroxylation sites is 1. The first-order chi connectivity index (χ1) is 15.5. The standard InChI is InChI=1S/C24H19ClN6O/c25-19-7-5-16(6-8-19)14-30-15-18(20-3-1-2-4-22(20)30)11-17(12-26)23-21(13-27)24(28)31(29-23)9-10-32/h1-8,11,15,32H,9-10,14,28H2. The number of nitrogens with zero attached hydrogens (tertiary/aromatic N) is 5. The van der Waals surface area contributed by atoms with Gasteiger partial charge in [-0.1, -0.05) is 41.9 Å². The van der Waals surface area contributed by atoms with Crippen molar-refractivity contribution >= 4 is 40.0 Å². The van der Waals surface area contributed by atoms with Crippen molar-refractivity contribution in [3.8, 4) is 12.1 Å². The van der Waals surface area contributed by atoms with Crippen LogP contribution in [0.3, 0.4) is 0 Å². The molecule has 7 nitrogen and oxygen atoms in total. The monoisotopic (exact) mass is 442 g/mol. The van der Waals surface area contributed by atoms with E-state index < -0.39 is 0 Å². The van der Waals surface area contributed by atoms with E-state index in [0.29, 0.717) is 11.6 Å². The number of aliphatic hydroxyl groups excluding tert-OH is 1. The van der Waals surface area contributed by atoms with E-state index in [-0.39, 0.29) is 35.8 Å². The topological polar surface area (TPSA) is 117 Å². The van der Waals surface area contributed by atoms with E-state index in [9.17, 15) is 15.6 Å². The number of halogens is 1. The summed E-state index contributed by atoms with van der Waals surface area (Å²) in [6.07, 6.45) is 3.68. The van der Waals surface area contributed by atoms with Gasteiger partial charge in [0, 0.05) is 34.2 Å². The van der Waals surface area contributed by atoms with Crippen LogP contribution in [0.15, 0.2) is 54.7 Å². The minimum atomic E-state index is -0.181. The summed E-state index contributed by atoms with van der Waals surface area (Å²) in [7, 11) is 0. The molecule has 0 spiro atoms. The summed E-state index contributed by atoms with van der Waals surface area (Å²) in [5.74, 6) is 0.128. The lowest BCUT2D eigenvalue weighted by molar-refractivity contribution is 0.270. The van der Waals surface area contributed by atoms with E-state index in [4.69, 9.17) is 17.3 Å². The van der Waals surface area contributed by atoms with Crippen LogP contribution in [0.2, 0.25) is 5.02 Å². The van der Waals surface area contributed by atoms with Gasteiger partial charge in [-0.15, -0.1) is 0 Å². The first kappa shape index (κ1) is 21.2. The quantitative estimate of drug-likeness (QED) is 0.437. The lowest BCUT2D eigenvalue weighted by Gasteiger charge is -2.05. The Labute approximate surface area is 189 Å². The summed E-state index contributed by atoms with van der Waals surface area (Å²) < 4.78 is 3.44. The number of aliphatic hydroxyl groups is 1. The molecule has 0 aliphatic carbocycles. The number of hydrogen-bond acceptors (Lipinski definition) is 5. The van der Waals surface area contributed by atoms with E-state index in [0.717, 1.165) is 22.0 Å². The van der Waals surface area contributed by atoms with Crippen LogP contribution >= 0.6 is 11.6 Å². The molecule has 4 rings (SSSR count). The van der Waals surface area contributed by atoms with Crippen LogP contribution in [-0.2, 0) is 13.1 Å². The number of aromatic nitrogens is 3. The zero-order valence-electron chi connectivity index (χ0n) is 17.0. The molecular formula is C24H19ClN6O. The molecule has 0 saturated carbocycles. The van der Waals surface area contributed by atoms with Gasteiger partial charge in [0.25, 0.3) is 0 Å². The summed E-state index contributed by atoms with van der Waals surface area (Å²) in [4.78, 5) is 0. The first-order valence-corrected chi connectivity index (χ1v) is 10.2. The summed E-state index contributed by atoms with van der Waals surface area (Å²) in [6.45, 7) is 0.592. The van der Waals surface area contributed by atoms with Crippen LogP contribution in [0.25, 0.3) is 22.6 Å². The Balaban J connectivity index is 1.81. The second kappa shape index (κ2) is 8.99. The molecule has 0 saturated heterocycles. The van der Waals surface area contributed by atoms with Crippen LogP contribution < -0.4 is 5.73 Å². The van der Waals surface area contributed by atoms with E-state index in [1.807, 2.05) is 60.8 Å². The van der Waals surface area contributed by atoms with Crippen molar-refractivity contribution in [1.29, 1.82) is 10.5 Å². The third-order valence-electron chi connectivity index (χ3n) is 5.18. The number of nitrogens with two attached hydrogens (primary N) is 1. The highest BCUT2D eigenvalue weighted by atomic mass is 35.5. The molecule has 3 N–H and O–H groups in total. The fourth-order valence-electron chi connectivity index (χ4n) is 3.66. The Morgan fingerprint density at radius 2 is 1.91 bits per heavy atom. The Hall–Kier alpha value is -4.04. The van der Waals surface area contributed by atoms with Gasteiger partial charge in [0.15, 0.2) is 0 Å². The number of hydrogen-bond donors (Lipinski definition) is 2. The zero-order chi connectivity index (χ0) is 22.7. The maximum Gasteiger partial charge on any atom is 0.140 e. The molecule has 4 aromatic rings. The molecule has 0 amide bonds. The van der Waals surface area contributed by atoms with Gasteiger partial charge in [0.2, 0.25) is 0 Å². The zero-order valence-corrected chi connectivity index (χ0v) is 17.8. The third kappa shape index (κ3) is 3.95. The summed E-state index contributed by atoms with van der Waals surface area (Å²) >= 11 is 6.00. The Morgan fingerprint density at radius 3 is 2.59 bits per heavy atom. The predicted octanol–water partition coefficient (Wildman–Crippen LogP) is 4.05. The Kier molecular flexibility index (Phi) is 5.96. The van der Waals surface area contributed by atoms with Gasteiger partial charge < -0.3 is 15.4 Å². The molecule has 0 aliphatic rings. The van der Waals surface area contributed by atoms with Gasteiger partial charge in [-0.3, -0.25) is 0 Å². The van der Waals surface area contributed by atoms with Crippen LogP contribution in [0.5, 0.6) is 0 Å². The average molecular weight is 443 g/mol. The van der Waals surface area contributed by atoms with Crippen molar-refractivity contribution in [2.24, 2.45) is 0 Å². The number of anilines is 1. The van der Waals surface area contributed by atoms with Crippen LogP contribution in [-0.4, -0.2) is 26.1 Å². The third-order valence-corrected chi connectivity index (χ3v) is 5.43. The predicted molar refractivity (Wildman–Crippen MR) is 124 cm³/mol. The van der Waals surface area contributed by atoms with Gasteiger partial charge in [0.1, 0.15) is 29.2 Å². The average Bonchev–Trinajstić information content (AvgIpc) is 3.31. The molecule has 0 atom stereocenters. The van der Waals surface area contributed by atoms with Gasteiger partial charge in [-0.05, 0) is 29.8 Å². The molecule has 8 heteroatoms. The van der Waals surface area contributed by atoms with E-state index in [1.165, 1.54) is 4.68 Å².